The molecule has 3 rings (SSSR count). The molecular weight excluding hydrogens is 455 g/mol. The molecule has 0 radical (unpaired) electrons. The number of rotatable bonds is 6. The van der Waals surface area contributed by atoms with Crippen LogP contribution in [0.2, 0.25) is 0 Å². The first-order chi connectivity index (χ1) is 12.8. The van der Waals surface area contributed by atoms with Gasteiger partial charge in [0.25, 0.3) is 0 Å². The van der Waals surface area contributed by atoms with Crippen LogP contribution in [0.15, 0.2) is 52.1 Å². The first kappa shape index (κ1) is 21.6. The van der Waals surface area contributed by atoms with Crippen LogP contribution in [0, 0.1) is 5.92 Å². The van der Waals surface area contributed by atoms with Gasteiger partial charge in [-0.1, -0.05) is 12.1 Å². The number of nitrogens with one attached hydrogen (secondary N) is 2. The fourth-order valence-electron chi connectivity index (χ4n) is 3.19. The molecule has 0 unspecified atom stereocenters. The van der Waals surface area contributed by atoms with E-state index in [4.69, 9.17) is 4.42 Å². The average molecular weight is 484 g/mol. The molecule has 1 aromatic carbocycles. The molecule has 1 aliphatic rings. The second kappa shape index (κ2) is 11.2. The minimum atomic E-state index is 0. The summed E-state index contributed by atoms with van der Waals surface area (Å²) in [6.45, 7) is 3.67. The van der Waals surface area contributed by atoms with Crippen molar-refractivity contribution in [2.24, 2.45) is 10.9 Å². The summed E-state index contributed by atoms with van der Waals surface area (Å²) in [6, 6.07) is 12.5. The Kier molecular flexibility index (Phi) is 8.93. The molecule has 0 aliphatic carbocycles. The number of piperidine rings is 1. The summed E-state index contributed by atoms with van der Waals surface area (Å²) in [7, 11) is 1.76. The number of benzene rings is 1. The zero-order valence-corrected chi connectivity index (χ0v) is 18.1. The molecule has 0 atom stereocenters. The molecule has 6 nitrogen and oxygen atoms in total. The van der Waals surface area contributed by atoms with Crippen molar-refractivity contribution in [3.05, 3.63) is 54.0 Å². The van der Waals surface area contributed by atoms with Crippen LogP contribution in [0.5, 0.6) is 0 Å². The first-order valence-corrected chi connectivity index (χ1v) is 9.20. The van der Waals surface area contributed by atoms with Crippen LogP contribution < -0.4 is 15.5 Å². The van der Waals surface area contributed by atoms with Crippen molar-refractivity contribution in [1.82, 2.24) is 10.6 Å². The van der Waals surface area contributed by atoms with Gasteiger partial charge in [0.05, 0.1) is 12.8 Å². The number of hydrogen-bond acceptors (Lipinski definition) is 4. The lowest BCUT2D eigenvalue weighted by Crippen LogP contribution is -2.36. The molecule has 1 aliphatic heterocycles. The van der Waals surface area contributed by atoms with Gasteiger partial charge < -0.3 is 25.1 Å². The Morgan fingerprint density at radius 3 is 2.44 bits per heavy atom. The lowest BCUT2D eigenvalue weighted by atomic mass is 9.97. The number of aliphatic hydroxyl groups excluding tert-OH is 1. The third kappa shape index (κ3) is 6.42. The Bertz CT molecular complexity index is 681. The van der Waals surface area contributed by atoms with Gasteiger partial charge in [0, 0.05) is 39.0 Å². The molecule has 1 saturated heterocycles. The molecule has 3 N–H and O–H groups in total. The average Bonchev–Trinajstić information content (AvgIpc) is 3.22. The van der Waals surface area contributed by atoms with E-state index < -0.39 is 0 Å². The maximum atomic E-state index is 9.25. The molecule has 0 spiro atoms. The van der Waals surface area contributed by atoms with E-state index in [1.54, 1.807) is 13.3 Å². The van der Waals surface area contributed by atoms with Gasteiger partial charge in [0.2, 0.25) is 0 Å². The Hall–Kier alpha value is -1.74. The summed E-state index contributed by atoms with van der Waals surface area (Å²) < 4.78 is 5.31. The van der Waals surface area contributed by atoms with Gasteiger partial charge in [-0.15, -0.1) is 24.0 Å². The van der Waals surface area contributed by atoms with Crippen LogP contribution in [-0.2, 0) is 13.1 Å². The highest BCUT2D eigenvalue weighted by Crippen LogP contribution is 2.23. The van der Waals surface area contributed by atoms with E-state index in [9.17, 15) is 5.11 Å². The highest BCUT2D eigenvalue weighted by Gasteiger charge is 2.18. The zero-order valence-electron chi connectivity index (χ0n) is 15.7. The fourth-order valence-corrected chi connectivity index (χ4v) is 3.19. The minimum Gasteiger partial charge on any atom is -0.467 e. The van der Waals surface area contributed by atoms with E-state index in [2.05, 4.69) is 44.8 Å². The van der Waals surface area contributed by atoms with E-state index in [0.29, 0.717) is 25.6 Å². The molecule has 27 heavy (non-hydrogen) atoms. The fraction of sp³-hybridized carbons (Fsp3) is 0.450. The Balaban J connectivity index is 0.00000261. The molecular formula is C20H29IN4O2. The zero-order chi connectivity index (χ0) is 18.2. The summed E-state index contributed by atoms with van der Waals surface area (Å²) in [6.07, 6.45) is 3.80. The number of hydrogen-bond donors (Lipinski definition) is 3. The number of halogens is 1. The van der Waals surface area contributed by atoms with Crippen LogP contribution in [0.3, 0.4) is 0 Å². The molecule has 7 heteroatoms. The van der Waals surface area contributed by atoms with Crippen molar-refractivity contribution < 1.29 is 9.52 Å². The lowest BCUT2D eigenvalue weighted by molar-refractivity contribution is 0.203. The monoisotopic (exact) mass is 484 g/mol. The number of aliphatic imine (C=N–C) groups is 1. The Morgan fingerprint density at radius 2 is 1.85 bits per heavy atom. The molecule has 1 aromatic heterocycles. The van der Waals surface area contributed by atoms with Gasteiger partial charge in [-0.05, 0) is 48.6 Å². The van der Waals surface area contributed by atoms with Crippen LogP contribution in [0.4, 0.5) is 5.69 Å². The van der Waals surface area contributed by atoms with E-state index in [1.807, 2.05) is 12.1 Å². The smallest absolute Gasteiger partial charge is 0.191 e. The van der Waals surface area contributed by atoms with Crippen molar-refractivity contribution in [1.29, 1.82) is 0 Å². The van der Waals surface area contributed by atoms with Crippen molar-refractivity contribution >= 4 is 35.6 Å². The predicted octanol–water partition coefficient (Wildman–Crippen LogP) is 2.97. The van der Waals surface area contributed by atoms with Crippen molar-refractivity contribution in [2.75, 3.05) is 31.6 Å². The summed E-state index contributed by atoms with van der Waals surface area (Å²) in [5.74, 6) is 2.09. The predicted molar refractivity (Wildman–Crippen MR) is 120 cm³/mol. The second-order valence-electron chi connectivity index (χ2n) is 6.64. The Morgan fingerprint density at radius 1 is 1.15 bits per heavy atom. The molecule has 2 heterocycles. The third-order valence-corrected chi connectivity index (χ3v) is 4.87. The van der Waals surface area contributed by atoms with Crippen molar-refractivity contribution in [2.45, 2.75) is 25.9 Å². The number of aliphatic hydroxyl groups is 1. The van der Waals surface area contributed by atoms with Gasteiger partial charge in [-0.3, -0.25) is 4.99 Å². The van der Waals surface area contributed by atoms with Crippen LogP contribution >= 0.6 is 24.0 Å². The lowest BCUT2D eigenvalue weighted by Gasteiger charge is -2.33. The summed E-state index contributed by atoms with van der Waals surface area (Å²) in [5.41, 5.74) is 2.46. The van der Waals surface area contributed by atoms with Crippen LogP contribution in [0.1, 0.15) is 24.2 Å². The minimum absolute atomic E-state index is 0. The third-order valence-electron chi connectivity index (χ3n) is 4.87. The highest BCUT2D eigenvalue weighted by atomic mass is 127. The maximum absolute atomic E-state index is 9.25. The van der Waals surface area contributed by atoms with Gasteiger partial charge in [0.1, 0.15) is 5.76 Å². The molecule has 0 bridgehead atoms. The van der Waals surface area contributed by atoms with E-state index >= 15 is 0 Å². The van der Waals surface area contributed by atoms with Crippen LogP contribution in [0.25, 0.3) is 0 Å². The molecule has 0 saturated carbocycles. The SMILES string of the molecule is CN=C(NCc1ccc(N2CCC(CO)CC2)cc1)NCc1ccco1.I. The largest absolute Gasteiger partial charge is 0.467 e. The van der Waals surface area contributed by atoms with Gasteiger partial charge >= 0.3 is 0 Å². The van der Waals surface area contributed by atoms with Gasteiger partial charge in [0.15, 0.2) is 5.96 Å². The van der Waals surface area contributed by atoms with Crippen LogP contribution in [-0.4, -0.2) is 37.8 Å². The molecule has 148 valence electrons. The first-order valence-electron chi connectivity index (χ1n) is 9.20. The van der Waals surface area contributed by atoms with Gasteiger partial charge in [-0.2, -0.15) is 0 Å². The second-order valence-corrected chi connectivity index (χ2v) is 6.64. The number of guanidine groups is 1. The van der Waals surface area contributed by atoms with E-state index in [0.717, 1.165) is 37.7 Å². The number of anilines is 1. The van der Waals surface area contributed by atoms with E-state index in [-0.39, 0.29) is 24.0 Å². The summed E-state index contributed by atoms with van der Waals surface area (Å²) in [5, 5.41) is 15.8. The molecule has 2 aromatic rings. The Labute approximate surface area is 178 Å². The quantitative estimate of drug-likeness (QED) is 0.334. The summed E-state index contributed by atoms with van der Waals surface area (Å²) >= 11 is 0. The topological polar surface area (TPSA) is 73.0 Å². The maximum Gasteiger partial charge on any atom is 0.191 e. The number of nitrogens with zero attached hydrogens (tertiary/aromatic N) is 2. The summed E-state index contributed by atoms with van der Waals surface area (Å²) in [4.78, 5) is 6.63. The standard InChI is InChI=1S/C20H28N4O2.HI/c1-21-20(23-14-19-3-2-12-26-19)22-13-16-4-6-18(7-5-16)24-10-8-17(15-25)9-11-24;/h2-7,12,17,25H,8-11,13-15H2,1H3,(H2,21,22,23);1H. The van der Waals surface area contributed by atoms with Gasteiger partial charge in [-0.25, -0.2) is 0 Å². The highest BCUT2D eigenvalue weighted by molar-refractivity contribution is 14.0. The molecule has 1 fully saturated rings. The normalized spacial score (nSPS) is 15.3. The molecule has 0 amide bonds. The number of furan rings is 1. The van der Waals surface area contributed by atoms with E-state index in [1.165, 1.54) is 11.3 Å². The van der Waals surface area contributed by atoms with Crippen molar-refractivity contribution in [3.63, 3.8) is 0 Å². The van der Waals surface area contributed by atoms with Crippen molar-refractivity contribution in [3.8, 4) is 0 Å².